The Hall–Kier alpha value is 0.540. The van der Waals surface area contributed by atoms with Gasteiger partial charge in [0.1, 0.15) is 11.4 Å². The van der Waals surface area contributed by atoms with Crippen LogP contribution in [0.25, 0.3) is 0 Å². The van der Waals surface area contributed by atoms with Crippen molar-refractivity contribution in [2.45, 2.75) is 12.8 Å². The summed E-state index contributed by atoms with van der Waals surface area (Å²) in [6, 6.07) is 0. The molecule has 0 N–H and O–H groups in total. The minimum Gasteiger partial charge on any atom is -0.748 e. The number of nitrogens with zero attached hydrogens (tertiary/aromatic N) is 1. The van der Waals surface area contributed by atoms with Crippen LogP contribution in [0.1, 0.15) is 12.8 Å². The van der Waals surface area contributed by atoms with E-state index in [0.29, 0.717) is 19.4 Å². The molecule has 7 heteroatoms. The molecule has 1 fully saturated rings. The van der Waals surface area contributed by atoms with Crippen molar-refractivity contribution in [2.75, 3.05) is 6.54 Å². The van der Waals surface area contributed by atoms with Gasteiger partial charge in [-0.1, -0.05) is 0 Å². The van der Waals surface area contributed by atoms with Crippen LogP contribution in [0.5, 0.6) is 0 Å². The van der Waals surface area contributed by atoms with Crippen molar-refractivity contribution < 1.29 is 47.4 Å². The van der Waals surface area contributed by atoms with Crippen LogP contribution >= 0.6 is 0 Å². The quantitative estimate of drug-likeness (QED) is 0.330. The van der Waals surface area contributed by atoms with Gasteiger partial charge in [-0.15, -0.1) is 0 Å². The average Bonchev–Trinajstić information content (AvgIpc) is 2.15. The van der Waals surface area contributed by atoms with E-state index in [1.165, 1.54) is 0 Å². The van der Waals surface area contributed by atoms with E-state index in [4.69, 9.17) is 0 Å². The normalized spacial score (nSPS) is 19.7. The third-order valence-electron chi connectivity index (χ3n) is 1.18. The van der Waals surface area contributed by atoms with Gasteiger partial charge in [0.05, 0.1) is 6.54 Å². The Kier molecular flexibility index (Phi) is 5.49. The molecule has 1 saturated heterocycles. The Morgan fingerprint density at radius 2 is 2.27 bits per heavy atom. The molecule has 11 heavy (non-hydrogen) atoms. The molecular weight excluding hydrogens is 181 g/mol. The Bertz CT molecular complexity index is 175. The maximum absolute atomic E-state index is 10.6. The second-order valence-corrected chi connectivity index (χ2v) is 2.44. The molecule has 0 spiro atoms. The summed E-state index contributed by atoms with van der Waals surface area (Å²) >= 11 is -2.62. The fraction of sp³-hybridized carbons (Fsp3) is 0.750. The van der Waals surface area contributed by atoms with E-state index in [2.05, 4.69) is 4.28 Å². The van der Waals surface area contributed by atoms with Crippen LogP contribution in [-0.2, 0) is 20.4 Å². The fourth-order valence-corrected chi connectivity index (χ4v) is 1.08. The monoisotopic (exact) mass is 187 g/mol. The molecule has 0 saturated carbocycles. The first kappa shape index (κ1) is 11.5. The SMILES string of the molecule is O=C1CCCN1OS(=O)[O-].[Na+]. The number of carbonyl (C=O) groups excluding carboxylic acids is 1. The molecular formula is C4H6NNaO4S. The molecule has 5 nitrogen and oxygen atoms in total. The summed E-state index contributed by atoms with van der Waals surface area (Å²) < 4.78 is 23.9. The minimum atomic E-state index is -2.62. The van der Waals surface area contributed by atoms with Crippen LogP contribution < -0.4 is 29.6 Å². The van der Waals surface area contributed by atoms with Gasteiger partial charge in [-0.3, -0.25) is 4.79 Å². The molecule has 1 unspecified atom stereocenters. The molecule has 58 valence electrons. The maximum atomic E-state index is 10.6. The standard InChI is InChI=1S/C4H7NO4S.Na/c6-4-2-1-3-5(4)9-10(7)8;/h1-3H2,(H,7,8);/q;+1/p-1. The van der Waals surface area contributed by atoms with Crippen molar-refractivity contribution >= 4 is 17.3 Å². The van der Waals surface area contributed by atoms with E-state index in [9.17, 15) is 13.6 Å². The minimum absolute atomic E-state index is 0. The first-order valence-electron chi connectivity index (χ1n) is 2.78. The van der Waals surface area contributed by atoms with E-state index in [0.717, 1.165) is 5.06 Å². The van der Waals surface area contributed by atoms with Gasteiger partial charge in [0.15, 0.2) is 0 Å². The van der Waals surface area contributed by atoms with Crippen molar-refractivity contribution in [1.82, 2.24) is 5.06 Å². The van der Waals surface area contributed by atoms with Gasteiger partial charge in [0, 0.05) is 6.42 Å². The Morgan fingerprint density at radius 3 is 2.64 bits per heavy atom. The van der Waals surface area contributed by atoms with Gasteiger partial charge in [0.2, 0.25) is 5.91 Å². The van der Waals surface area contributed by atoms with Crippen molar-refractivity contribution in [3.63, 3.8) is 0 Å². The van der Waals surface area contributed by atoms with Gasteiger partial charge in [0.25, 0.3) is 0 Å². The maximum Gasteiger partial charge on any atom is 1.00 e. The van der Waals surface area contributed by atoms with E-state index in [-0.39, 0.29) is 35.5 Å². The zero-order valence-corrected chi connectivity index (χ0v) is 8.93. The molecule has 0 aromatic heterocycles. The van der Waals surface area contributed by atoms with E-state index >= 15 is 0 Å². The Balaban J connectivity index is 0.000001000. The smallest absolute Gasteiger partial charge is 0.748 e. The summed E-state index contributed by atoms with van der Waals surface area (Å²) in [5, 5.41) is 0.850. The second-order valence-electron chi connectivity index (χ2n) is 1.88. The van der Waals surface area contributed by atoms with Gasteiger partial charge in [-0.05, 0) is 6.42 Å². The van der Waals surface area contributed by atoms with Gasteiger partial charge in [-0.25, -0.2) is 9.27 Å². The summed E-state index contributed by atoms with van der Waals surface area (Å²) in [4.78, 5) is 10.6. The summed E-state index contributed by atoms with van der Waals surface area (Å²) in [7, 11) is 0. The number of hydrogen-bond donors (Lipinski definition) is 0. The number of carbonyl (C=O) groups is 1. The molecule has 1 atom stereocenters. The molecule has 0 aliphatic carbocycles. The predicted molar refractivity (Wildman–Crippen MR) is 31.0 cm³/mol. The second kappa shape index (κ2) is 5.23. The van der Waals surface area contributed by atoms with Crippen LogP contribution in [0.15, 0.2) is 0 Å². The van der Waals surface area contributed by atoms with E-state index in [1.54, 1.807) is 0 Å². The molecule has 0 aromatic rings. The Morgan fingerprint density at radius 1 is 1.64 bits per heavy atom. The van der Waals surface area contributed by atoms with Crippen molar-refractivity contribution in [1.29, 1.82) is 0 Å². The Labute approximate surface area is 88.8 Å². The largest absolute Gasteiger partial charge is 1.00 e. The van der Waals surface area contributed by atoms with Crippen LogP contribution in [0, 0.1) is 0 Å². The van der Waals surface area contributed by atoms with E-state index < -0.39 is 11.4 Å². The topological polar surface area (TPSA) is 69.7 Å². The van der Waals surface area contributed by atoms with Gasteiger partial charge >= 0.3 is 29.6 Å². The third-order valence-corrected chi connectivity index (χ3v) is 1.48. The molecule has 0 bridgehead atoms. The zero-order chi connectivity index (χ0) is 7.56. The van der Waals surface area contributed by atoms with E-state index in [1.807, 2.05) is 0 Å². The van der Waals surface area contributed by atoms with Crippen molar-refractivity contribution in [3.8, 4) is 0 Å². The van der Waals surface area contributed by atoms with Crippen molar-refractivity contribution in [3.05, 3.63) is 0 Å². The number of hydroxylamine groups is 2. The summed E-state index contributed by atoms with van der Waals surface area (Å²) in [6.07, 6.45) is 1.03. The number of rotatable bonds is 2. The average molecular weight is 187 g/mol. The molecule has 1 aliphatic heterocycles. The molecule has 0 radical (unpaired) electrons. The molecule has 0 aromatic carbocycles. The molecule has 1 heterocycles. The number of amides is 1. The fourth-order valence-electron chi connectivity index (χ4n) is 0.776. The van der Waals surface area contributed by atoms with Crippen LogP contribution in [0.4, 0.5) is 0 Å². The zero-order valence-electron chi connectivity index (χ0n) is 6.11. The number of hydrogen-bond acceptors (Lipinski definition) is 4. The van der Waals surface area contributed by atoms with Crippen LogP contribution in [0.3, 0.4) is 0 Å². The van der Waals surface area contributed by atoms with Gasteiger partial charge < -0.3 is 4.55 Å². The predicted octanol–water partition coefficient (Wildman–Crippen LogP) is -3.66. The van der Waals surface area contributed by atoms with Crippen molar-refractivity contribution in [2.24, 2.45) is 0 Å². The summed E-state index contributed by atoms with van der Waals surface area (Å²) in [5.74, 6) is -0.274. The molecule has 1 rings (SSSR count). The molecule has 1 amide bonds. The van der Waals surface area contributed by atoms with Crippen LogP contribution in [-0.4, -0.2) is 26.3 Å². The first-order chi connectivity index (χ1) is 4.70. The van der Waals surface area contributed by atoms with Gasteiger partial charge in [-0.2, -0.15) is 4.28 Å². The van der Waals surface area contributed by atoms with Crippen LogP contribution in [0.2, 0.25) is 0 Å². The summed E-state index contributed by atoms with van der Waals surface area (Å²) in [5.41, 5.74) is 0. The first-order valence-corrected chi connectivity index (χ1v) is 3.78. The third kappa shape index (κ3) is 3.64. The molecule has 1 aliphatic rings. The summed E-state index contributed by atoms with van der Waals surface area (Å²) in [6.45, 7) is 0.368.